The van der Waals surface area contributed by atoms with Gasteiger partial charge in [-0.3, -0.25) is 4.79 Å². The Labute approximate surface area is 88.9 Å². The first-order chi connectivity index (χ1) is 7.22. The Morgan fingerprint density at radius 2 is 2.27 bits per heavy atom. The van der Waals surface area contributed by atoms with Crippen LogP contribution in [-0.4, -0.2) is 16.5 Å². The Kier molecular flexibility index (Phi) is 2.86. The number of nitrogens with zero attached hydrogens (tertiary/aromatic N) is 1. The van der Waals surface area contributed by atoms with Crippen molar-refractivity contribution >= 4 is 0 Å². The van der Waals surface area contributed by atoms with Crippen molar-refractivity contribution in [3.8, 4) is 0 Å². The zero-order chi connectivity index (χ0) is 10.8. The molecule has 4 heteroatoms. The lowest BCUT2D eigenvalue weighted by Crippen LogP contribution is -2.25. The van der Waals surface area contributed by atoms with Gasteiger partial charge in [0, 0.05) is 11.5 Å². The third-order valence-corrected chi connectivity index (χ3v) is 3.05. The Balaban J connectivity index is 2.43. The molecule has 0 aliphatic heterocycles. The summed E-state index contributed by atoms with van der Waals surface area (Å²) in [7, 11) is 0. The third kappa shape index (κ3) is 1.95. The van der Waals surface area contributed by atoms with Gasteiger partial charge in [0.2, 0.25) is 0 Å². The number of nitrogens with one attached hydrogen (secondary N) is 1. The normalized spacial score (nSPS) is 16.4. The summed E-state index contributed by atoms with van der Waals surface area (Å²) in [5, 5.41) is 0. The van der Waals surface area contributed by atoms with Crippen LogP contribution in [-0.2, 0) is 6.42 Å². The average Bonchev–Trinajstić information content (AvgIpc) is 2.08. The van der Waals surface area contributed by atoms with Crippen LogP contribution in [0.3, 0.4) is 0 Å². The van der Waals surface area contributed by atoms with Gasteiger partial charge < -0.3 is 10.7 Å². The standard InChI is InChI=1S/C11H17N3O/c1-7-13-10(8-3-2-4-8)9(5-6-12)11(15)14-7/h8H,2-6,12H2,1H3,(H,13,14,15). The van der Waals surface area contributed by atoms with Gasteiger partial charge in [-0.15, -0.1) is 0 Å². The molecule has 1 aliphatic carbocycles. The maximum atomic E-state index is 11.7. The molecule has 0 atom stereocenters. The molecule has 1 heterocycles. The number of aryl methyl sites for hydroxylation is 1. The molecule has 0 saturated heterocycles. The fraction of sp³-hybridized carbons (Fsp3) is 0.636. The minimum Gasteiger partial charge on any atom is -0.330 e. The molecule has 3 N–H and O–H groups in total. The van der Waals surface area contributed by atoms with Gasteiger partial charge in [0.1, 0.15) is 5.82 Å². The van der Waals surface area contributed by atoms with E-state index in [0.717, 1.165) is 24.1 Å². The van der Waals surface area contributed by atoms with Crippen LogP contribution in [0.4, 0.5) is 0 Å². The van der Waals surface area contributed by atoms with E-state index in [1.165, 1.54) is 6.42 Å². The summed E-state index contributed by atoms with van der Waals surface area (Å²) in [6.07, 6.45) is 4.20. The lowest BCUT2D eigenvalue weighted by Gasteiger charge is -2.26. The molecule has 4 nitrogen and oxygen atoms in total. The minimum atomic E-state index is -0.00477. The maximum absolute atomic E-state index is 11.7. The molecular weight excluding hydrogens is 190 g/mol. The van der Waals surface area contributed by atoms with Gasteiger partial charge in [-0.05, 0) is 32.7 Å². The second-order valence-corrected chi connectivity index (χ2v) is 4.18. The van der Waals surface area contributed by atoms with E-state index in [1.54, 1.807) is 0 Å². The SMILES string of the molecule is Cc1nc(C2CCC2)c(CCN)c(=O)[nH]1. The Bertz CT molecular complexity index is 407. The van der Waals surface area contributed by atoms with Crippen molar-refractivity contribution in [3.05, 3.63) is 27.4 Å². The van der Waals surface area contributed by atoms with Gasteiger partial charge in [0.15, 0.2) is 0 Å². The second-order valence-electron chi connectivity index (χ2n) is 4.18. The summed E-state index contributed by atoms with van der Waals surface area (Å²) in [4.78, 5) is 19.0. The monoisotopic (exact) mass is 207 g/mol. The van der Waals surface area contributed by atoms with Crippen molar-refractivity contribution in [1.82, 2.24) is 9.97 Å². The molecule has 1 fully saturated rings. The van der Waals surface area contributed by atoms with Crippen LogP contribution < -0.4 is 11.3 Å². The van der Waals surface area contributed by atoms with Gasteiger partial charge in [0.05, 0.1) is 5.69 Å². The van der Waals surface area contributed by atoms with Crippen molar-refractivity contribution in [2.45, 2.75) is 38.5 Å². The smallest absolute Gasteiger partial charge is 0.254 e. The Morgan fingerprint density at radius 3 is 2.80 bits per heavy atom. The molecule has 0 unspecified atom stereocenters. The fourth-order valence-electron chi connectivity index (χ4n) is 2.04. The molecule has 0 bridgehead atoms. The van der Waals surface area contributed by atoms with E-state index in [1.807, 2.05) is 6.92 Å². The minimum absolute atomic E-state index is 0.00477. The number of hydrogen-bond donors (Lipinski definition) is 2. The summed E-state index contributed by atoms with van der Waals surface area (Å²) in [6.45, 7) is 2.34. The molecule has 1 aromatic rings. The Hall–Kier alpha value is -1.16. The predicted octanol–water partition coefficient (Wildman–Crippen LogP) is 0.847. The number of H-pyrrole nitrogens is 1. The van der Waals surface area contributed by atoms with Gasteiger partial charge in [-0.1, -0.05) is 6.42 Å². The van der Waals surface area contributed by atoms with Crippen molar-refractivity contribution in [1.29, 1.82) is 0 Å². The summed E-state index contributed by atoms with van der Waals surface area (Å²) in [6, 6.07) is 0. The van der Waals surface area contributed by atoms with E-state index in [0.29, 0.717) is 24.7 Å². The number of aromatic nitrogens is 2. The summed E-state index contributed by atoms with van der Waals surface area (Å²) in [5.41, 5.74) is 7.30. The van der Waals surface area contributed by atoms with Gasteiger partial charge >= 0.3 is 0 Å². The quantitative estimate of drug-likeness (QED) is 0.771. The lowest BCUT2D eigenvalue weighted by molar-refractivity contribution is 0.406. The highest BCUT2D eigenvalue weighted by Crippen LogP contribution is 2.36. The summed E-state index contributed by atoms with van der Waals surface area (Å²) >= 11 is 0. The van der Waals surface area contributed by atoms with Gasteiger partial charge in [-0.2, -0.15) is 0 Å². The molecule has 1 aromatic heterocycles. The molecule has 0 amide bonds. The van der Waals surface area contributed by atoms with Crippen LogP contribution in [0, 0.1) is 6.92 Å². The maximum Gasteiger partial charge on any atom is 0.254 e. The first-order valence-electron chi connectivity index (χ1n) is 5.52. The summed E-state index contributed by atoms with van der Waals surface area (Å²) < 4.78 is 0. The average molecular weight is 207 g/mol. The van der Waals surface area contributed by atoms with Gasteiger partial charge in [-0.25, -0.2) is 4.98 Å². The molecule has 0 aromatic carbocycles. The zero-order valence-corrected chi connectivity index (χ0v) is 9.05. The Morgan fingerprint density at radius 1 is 1.53 bits per heavy atom. The number of nitrogens with two attached hydrogens (primary N) is 1. The van der Waals surface area contributed by atoms with E-state index >= 15 is 0 Å². The number of rotatable bonds is 3. The molecule has 0 radical (unpaired) electrons. The van der Waals surface area contributed by atoms with E-state index in [4.69, 9.17) is 5.73 Å². The van der Waals surface area contributed by atoms with E-state index in [9.17, 15) is 4.79 Å². The van der Waals surface area contributed by atoms with Crippen LogP contribution in [0.1, 0.15) is 42.3 Å². The van der Waals surface area contributed by atoms with Crippen molar-refractivity contribution in [3.63, 3.8) is 0 Å². The van der Waals surface area contributed by atoms with Crippen LogP contribution in [0.5, 0.6) is 0 Å². The van der Waals surface area contributed by atoms with E-state index in [2.05, 4.69) is 9.97 Å². The van der Waals surface area contributed by atoms with Crippen molar-refractivity contribution in [2.75, 3.05) is 6.54 Å². The van der Waals surface area contributed by atoms with Crippen LogP contribution >= 0.6 is 0 Å². The fourth-order valence-corrected chi connectivity index (χ4v) is 2.04. The largest absolute Gasteiger partial charge is 0.330 e. The second kappa shape index (κ2) is 4.14. The molecule has 1 saturated carbocycles. The van der Waals surface area contributed by atoms with E-state index in [-0.39, 0.29) is 5.56 Å². The number of aromatic amines is 1. The first kappa shape index (κ1) is 10.4. The molecular formula is C11H17N3O. The topological polar surface area (TPSA) is 71.8 Å². The zero-order valence-electron chi connectivity index (χ0n) is 9.05. The van der Waals surface area contributed by atoms with Crippen LogP contribution in [0.15, 0.2) is 4.79 Å². The molecule has 15 heavy (non-hydrogen) atoms. The predicted molar refractivity (Wildman–Crippen MR) is 58.9 cm³/mol. The van der Waals surface area contributed by atoms with Crippen molar-refractivity contribution < 1.29 is 0 Å². The van der Waals surface area contributed by atoms with Crippen LogP contribution in [0.25, 0.3) is 0 Å². The van der Waals surface area contributed by atoms with Crippen LogP contribution in [0.2, 0.25) is 0 Å². The molecule has 2 rings (SSSR count). The van der Waals surface area contributed by atoms with Gasteiger partial charge in [0.25, 0.3) is 5.56 Å². The van der Waals surface area contributed by atoms with Crippen molar-refractivity contribution in [2.24, 2.45) is 5.73 Å². The highest BCUT2D eigenvalue weighted by Gasteiger charge is 2.25. The lowest BCUT2D eigenvalue weighted by atomic mass is 9.81. The summed E-state index contributed by atoms with van der Waals surface area (Å²) in [5.74, 6) is 1.20. The molecule has 0 spiro atoms. The number of hydrogen-bond acceptors (Lipinski definition) is 3. The highest BCUT2D eigenvalue weighted by molar-refractivity contribution is 5.23. The molecule has 82 valence electrons. The molecule has 1 aliphatic rings. The highest BCUT2D eigenvalue weighted by atomic mass is 16.1. The van der Waals surface area contributed by atoms with E-state index < -0.39 is 0 Å². The third-order valence-electron chi connectivity index (χ3n) is 3.05. The first-order valence-corrected chi connectivity index (χ1v) is 5.52.